The van der Waals surface area contributed by atoms with Crippen LogP contribution in [-0.4, -0.2) is 28.9 Å². The van der Waals surface area contributed by atoms with Crippen LogP contribution in [0.15, 0.2) is 169 Å². The van der Waals surface area contributed by atoms with Gasteiger partial charge < -0.3 is 18.8 Å². The maximum absolute atomic E-state index is 2.61. The van der Waals surface area contributed by atoms with Crippen LogP contribution in [0.1, 0.15) is 0 Å². The molecule has 6 heterocycles. The number of para-hydroxylation sites is 4. The van der Waals surface area contributed by atoms with Crippen molar-refractivity contribution in [2.24, 2.45) is 0 Å². The van der Waals surface area contributed by atoms with E-state index >= 15 is 0 Å². The molecule has 250 valence electrons. The molecule has 7 aromatic carbocycles. The molecule has 0 saturated carbocycles. The average Bonchev–Trinajstić information content (AvgIpc) is 3.87. The zero-order valence-corrected chi connectivity index (χ0v) is 30.3. The maximum atomic E-state index is 2.61. The summed E-state index contributed by atoms with van der Waals surface area (Å²) in [6.07, 6.45) is 6.93. The van der Waals surface area contributed by atoms with Crippen LogP contribution in [0.5, 0.6) is 0 Å². The van der Waals surface area contributed by atoms with E-state index in [-0.39, 0.29) is 13.7 Å². The fourth-order valence-corrected chi connectivity index (χ4v) is 11.1. The number of anilines is 6. The van der Waals surface area contributed by atoms with Gasteiger partial charge >= 0.3 is 13.7 Å². The molecule has 2 aromatic heterocycles. The number of rotatable bonds is 3. The van der Waals surface area contributed by atoms with E-state index in [1.807, 2.05) is 11.8 Å². The summed E-state index contributed by atoms with van der Waals surface area (Å²) in [4.78, 5) is 6.44. The third-order valence-electron chi connectivity index (χ3n) is 12.4. The fourth-order valence-electron chi connectivity index (χ4n) is 10.4. The van der Waals surface area contributed by atoms with Crippen LogP contribution in [0.4, 0.5) is 34.1 Å². The summed E-state index contributed by atoms with van der Waals surface area (Å²) in [6, 6.07) is 56.6. The lowest BCUT2D eigenvalue weighted by atomic mass is 9.40. The SMILES string of the molecule is CSc1cc2c(c3c1B1c4c(cccc4N3c3ccccc3)-c3cccc4ccn1c34)B1c3c(cccc3N2c2ccccc2)-c2cccc3ccn1c23. The van der Waals surface area contributed by atoms with E-state index in [0.29, 0.717) is 0 Å². The second-order valence-corrected chi connectivity index (χ2v) is 15.7. The minimum atomic E-state index is -0.0419. The van der Waals surface area contributed by atoms with E-state index in [1.165, 1.54) is 99.2 Å². The molecule has 0 fully saturated rings. The minimum Gasteiger partial charge on any atom is -0.382 e. The zero-order chi connectivity index (χ0) is 35.2. The van der Waals surface area contributed by atoms with Gasteiger partial charge in [-0.15, -0.1) is 11.8 Å². The van der Waals surface area contributed by atoms with Crippen molar-refractivity contribution in [1.29, 1.82) is 0 Å². The van der Waals surface area contributed by atoms with Crippen molar-refractivity contribution in [3.8, 4) is 22.3 Å². The van der Waals surface area contributed by atoms with E-state index in [1.54, 1.807) is 0 Å². The van der Waals surface area contributed by atoms with Gasteiger partial charge in [-0.25, -0.2) is 0 Å². The van der Waals surface area contributed by atoms with Crippen molar-refractivity contribution >= 4 is 103 Å². The molecule has 0 bridgehead atoms. The Labute approximate surface area is 318 Å². The highest BCUT2D eigenvalue weighted by Gasteiger charge is 2.50. The molecule has 4 aliphatic heterocycles. The Kier molecular flexibility index (Phi) is 5.64. The van der Waals surface area contributed by atoms with Gasteiger partial charge in [0.05, 0.1) is 0 Å². The van der Waals surface area contributed by atoms with Crippen LogP contribution < -0.4 is 31.7 Å². The monoisotopic (exact) mass is 704 g/mol. The molecule has 9 aromatic rings. The van der Waals surface area contributed by atoms with Crippen molar-refractivity contribution in [2.75, 3.05) is 16.1 Å². The van der Waals surface area contributed by atoms with Crippen molar-refractivity contribution in [3.05, 3.63) is 164 Å². The number of aromatic nitrogens is 2. The number of thioether (sulfide) groups is 1. The molecule has 0 N–H and O–H groups in total. The number of fused-ring (bicyclic) bond motifs is 9. The van der Waals surface area contributed by atoms with E-state index in [9.17, 15) is 0 Å². The van der Waals surface area contributed by atoms with Gasteiger partial charge in [0.15, 0.2) is 0 Å². The Hall–Kier alpha value is -6.30. The van der Waals surface area contributed by atoms with E-state index in [0.717, 1.165) is 5.69 Å². The van der Waals surface area contributed by atoms with Gasteiger partial charge in [0.2, 0.25) is 0 Å². The standard InChI is InChI=1S/C47H30B2N4S/c1-54-40-28-39-43(48-41-33(35-20-8-12-29-24-26-50(48)45(29)35)18-10-22-37(41)52(39)31-14-4-2-5-15-31)47-44(40)49-42-34(36-21-9-13-30-25-27-51(49)46(30)36)19-11-23-38(42)53(47)32-16-6-3-7-17-32/h2-28H,1H3. The predicted molar refractivity (Wildman–Crippen MR) is 230 cm³/mol. The summed E-state index contributed by atoms with van der Waals surface area (Å²) in [5.41, 5.74) is 20.6. The summed E-state index contributed by atoms with van der Waals surface area (Å²) in [7, 11) is 0. The molecule has 13 rings (SSSR count). The van der Waals surface area contributed by atoms with E-state index in [2.05, 4.69) is 189 Å². The Morgan fingerprint density at radius 3 is 1.50 bits per heavy atom. The van der Waals surface area contributed by atoms with Gasteiger partial charge in [-0.05, 0) is 117 Å². The van der Waals surface area contributed by atoms with Gasteiger partial charge in [0.1, 0.15) is 0 Å². The first-order valence-corrected chi connectivity index (χ1v) is 19.9. The molecule has 4 nitrogen and oxygen atoms in total. The molecule has 7 heteroatoms. The van der Waals surface area contributed by atoms with E-state index in [4.69, 9.17) is 0 Å². The van der Waals surface area contributed by atoms with Gasteiger partial charge in [-0.2, -0.15) is 0 Å². The summed E-state index contributed by atoms with van der Waals surface area (Å²) < 4.78 is 5.15. The van der Waals surface area contributed by atoms with Crippen LogP contribution in [-0.2, 0) is 0 Å². The van der Waals surface area contributed by atoms with Crippen LogP contribution >= 0.6 is 11.8 Å². The van der Waals surface area contributed by atoms with Gasteiger partial charge in [0.25, 0.3) is 0 Å². The van der Waals surface area contributed by atoms with Gasteiger partial charge in [0, 0.05) is 61.2 Å². The lowest BCUT2D eigenvalue weighted by molar-refractivity contribution is 1.19. The zero-order valence-electron chi connectivity index (χ0n) is 29.4. The molecule has 0 spiro atoms. The van der Waals surface area contributed by atoms with Crippen molar-refractivity contribution < 1.29 is 0 Å². The first kappa shape index (κ1) is 29.2. The highest BCUT2D eigenvalue weighted by atomic mass is 32.2. The molecule has 0 radical (unpaired) electrons. The largest absolute Gasteiger partial charge is 0.382 e. The topological polar surface area (TPSA) is 16.3 Å². The number of hydrogen-bond acceptors (Lipinski definition) is 3. The number of benzene rings is 7. The third-order valence-corrected chi connectivity index (χ3v) is 13.2. The second-order valence-electron chi connectivity index (χ2n) is 14.8. The second kappa shape index (κ2) is 10.4. The summed E-state index contributed by atoms with van der Waals surface area (Å²) in [5, 5.41) is 2.56. The highest BCUT2D eigenvalue weighted by Crippen LogP contribution is 2.49. The smallest absolute Gasteiger partial charge is 0.334 e. The predicted octanol–water partition coefficient (Wildman–Crippen LogP) is 9.15. The fraction of sp³-hybridized carbons (Fsp3) is 0.0213. The highest BCUT2D eigenvalue weighted by molar-refractivity contribution is 7.98. The van der Waals surface area contributed by atoms with Crippen molar-refractivity contribution in [3.63, 3.8) is 0 Å². The lowest BCUT2D eigenvalue weighted by Crippen LogP contribution is -2.63. The Bertz CT molecular complexity index is 3080. The first-order chi connectivity index (χ1) is 26.8. The number of nitrogens with zero attached hydrogens (tertiary/aromatic N) is 4. The van der Waals surface area contributed by atoms with E-state index < -0.39 is 0 Å². The molecular formula is C47H30B2N4S. The Morgan fingerprint density at radius 1 is 0.426 bits per heavy atom. The normalized spacial score (nSPS) is 13.9. The summed E-state index contributed by atoms with van der Waals surface area (Å²) in [5.74, 6) is 0. The van der Waals surface area contributed by atoms with Gasteiger partial charge in [-0.1, -0.05) is 97.1 Å². The molecule has 4 aliphatic rings. The molecule has 0 aliphatic carbocycles. The summed E-state index contributed by atoms with van der Waals surface area (Å²) >= 11 is 1.87. The molecular weight excluding hydrogens is 674 g/mol. The number of hydrogen-bond donors (Lipinski definition) is 0. The van der Waals surface area contributed by atoms with Crippen molar-refractivity contribution in [2.45, 2.75) is 4.90 Å². The maximum Gasteiger partial charge on any atom is 0.334 e. The first-order valence-electron chi connectivity index (χ1n) is 18.7. The molecule has 0 atom stereocenters. The van der Waals surface area contributed by atoms with Crippen LogP contribution in [0.2, 0.25) is 0 Å². The lowest BCUT2D eigenvalue weighted by Gasteiger charge is -2.47. The van der Waals surface area contributed by atoms with Crippen LogP contribution in [0.25, 0.3) is 44.1 Å². The van der Waals surface area contributed by atoms with Crippen molar-refractivity contribution in [1.82, 2.24) is 8.96 Å². The quantitative estimate of drug-likeness (QED) is 0.135. The molecule has 0 amide bonds. The minimum absolute atomic E-state index is 0.00804. The average molecular weight is 704 g/mol. The molecule has 0 saturated heterocycles. The third kappa shape index (κ3) is 3.49. The molecule has 54 heavy (non-hydrogen) atoms. The Balaban J connectivity index is 1.25. The van der Waals surface area contributed by atoms with Gasteiger partial charge in [-0.3, -0.25) is 0 Å². The molecule has 0 unspecified atom stereocenters. The van der Waals surface area contributed by atoms with Crippen LogP contribution in [0.3, 0.4) is 0 Å². The summed E-state index contributed by atoms with van der Waals surface area (Å²) in [6.45, 7) is -0.0339. The van der Waals surface area contributed by atoms with Crippen LogP contribution in [0, 0.1) is 0 Å². The Morgan fingerprint density at radius 2 is 0.926 bits per heavy atom.